The minimum absolute atomic E-state index is 0.205. The van der Waals surface area contributed by atoms with Gasteiger partial charge in [-0.25, -0.2) is 0 Å². The predicted octanol–water partition coefficient (Wildman–Crippen LogP) is 2.05. The molecular weight excluding hydrogens is 178 g/mol. The van der Waals surface area contributed by atoms with Crippen molar-refractivity contribution < 1.29 is 9.21 Å². The van der Waals surface area contributed by atoms with E-state index in [1.807, 2.05) is 30.3 Å². The Kier molecular flexibility index (Phi) is 2.07. The summed E-state index contributed by atoms with van der Waals surface area (Å²) in [5.74, 6) is -0.343. The fourth-order valence-corrected chi connectivity index (χ4v) is 1.35. The van der Waals surface area contributed by atoms with Gasteiger partial charge in [-0.3, -0.25) is 4.79 Å². The third-order valence-corrected chi connectivity index (χ3v) is 1.97. The summed E-state index contributed by atoms with van der Waals surface area (Å²) in [5, 5.41) is 0. The number of carbonyl (C=O) groups excluding carboxylic acids is 1. The van der Waals surface area contributed by atoms with E-state index in [1.165, 1.54) is 6.26 Å². The molecule has 0 saturated heterocycles. The van der Waals surface area contributed by atoms with Crippen molar-refractivity contribution in [3.63, 3.8) is 0 Å². The van der Waals surface area contributed by atoms with Gasteiger partial charge in [0.05, 0.1) is 6.26 Å². The van der Waals surface area contributed by atoms with Crippen LogP contribution < -0.4 is 5.73 Å². The first-order chi connectivity index (χ1) is 6.79. The molecule has 2 N–H and O–H groups in total. The van der Waals surface area contributed by atoms with Crippen molar-refractivity contribution in [1.82, 2.24) is 0 Å². The second-order valence-electron chi connectivity index (χ2n) is 2.89. The SMILES string of the molecule is NC(=O)c1occc1-c1ccccc1. The van der Waals surface area contributed by atoms with Crippen molar-refractivity contribution in [2.75, 3.05) is 0 Å². The first-order valence-electron chi connectivity index (χ1n) is 4.22. The minimum Gasteiger partial charge on any atom is -0.459 e. The van der Waals surface area contributed by atoms with Crippen LogP contribution in [-0.2, 0) is 0 Å². The second-order valence-corrected chi connectivity index (χ2v) is 2.89. The Morgan fingerprint density at radius 3 is 2.50 bits per heavy atom. The standard InChI is InChI=1S/C11H9NO2/c12-11(13)10-9(6-7-14-10)8-4-2-1-3-5-8/h1-7H,(H2,12,13). The lowest BCUT2D eigenvalue weighted by atomic mass is 10.1. The number of furan rings is 1. The number of nitrogens with two attached hydrogens (primary N) is 1. The summed E-state index contributed by atoms with van der Waals surface area (Å²) in [6, 6.07) is 11.2. The average Bonchev–Trinajstić information content (AvgIpc) is 2.67. The second kappa shape index (κ2) is 3.38. The van der Waals surface area contributed by atoms with E-state index >= 15 is 0 Å². The van der Waals surface area contributed by atoms with Gasteiger partial charge in [-0.15, -0.1) is 0 Å². The number of rotatable bonds is 2. The Morgan fingerprint density at radius 1 is 1.14 bits per heavy atom. The third-order valence-electron chi connectivity index (χ3n) is 1.97. The maximum atomic E-state index is 11.0. The Balaban J connectivity index is 2.52. The molecule has 1 heterocycles. The molecule has 0 aliphatic rings. The zero-order valence-electron chi connectivity index (χ0n) is 7.44. The minimum atomic E-state index is -0.547. The van der Waals surface area contributed by atoms with Crippen LogP contribution in [0.4, 0.5) is 0 Å². The Morgan fingerprint density at radius 2 is 1.86 bits per heavy atom. The molecule has 0 spiro atoms. The monoisotopic (exact) mass is 187 g/mol. The van der Waals surface area contributed by atoms with Gasteiger partial charge in [-0.2, -0.15) is 0 Å². The van der Waals surface area contributed by atoms with E-state index in [1.54, 1.807) is 6.07 Å². The van der Waals surface area contributed by atoms with Crippen molar-refractivity contribution in [2.45, 2.75) is 0 Å². The summed E-state index contributed by atoms with van der Waals surface area (Å²) in [5.41, 5.74) is 6.82. The molecule has 0 radical (unpaired) electrons. The van der Waals surface area contributed by atoms with Gasteiger partial charge in [0.25, 0.3) is 5.91 Å². The summed E-state index contributed by atoms with van der Waals surface area (Å²) >= 11 is 0. The Labute approximate surface area is 81.1 Å². The van der Waals surface area contributed by atoms with Crippen molar-refractivity contribution >= 4 is 5.91 Å². The van der Waals surface area contributed by atoms with Crippen molar-refractivity contribution in [1.29, 1.82) is 0 Å². The maximum Gasteiger partial charge on any atom is 0.285 e. The molecule has 3 nitrogen and oxygen atoms in total. The van der Waals surface area contributed by atoms with Crippen molar-refractivity contribution in [3.8, 4) is 11.1 Å². The van der Waals surface area contributed by atoms with Gasteiger partial charge in [-0.05, 0) is 11.6 Å². The molecule has 3 heteroatoms. The molecule has 0 bridgehead atoms. The normalized spacial score (nSPS) is 10.0. The van der Waals surface area contributed by atoms with Crippen LogP contribution in [0.2, 0.25) is 0 Å². The lowest BCUT2D eigenvalue weighted by Gasteiger charge is -1.98. The van der Waals surface area contributed by atoms with Crippen molar-refractivity contribution in [2.24, 2.45) is 5.73 Å². The van der Waals surface area contributed by atoms with Gasteiger partial charge in [0.15, 0.2) is 5.76 Å². The summed E-state index contributed by atoms with van der Waals surface area (Å²) in [4.78, 5) is 11.0. The first kappa shape index (κ1) is 8.56. The van der Waals surface area contributed by atoms with Gasteiger partial charge >= 0.3 is 0 Å². The number of primary amides is 1. The van der Waals surface area contributed by atoms with Gasteiger partial charge in [-0.1, -0.05) is 30.3 Å². The van der Waals surface area contributed by atoms with Gasteiger partial charge in [0.1, 0.15) is 0 Å². The van der Waals surface area contributed by atoms with Gasteiger partial charge < -0.3 is 10.2 Å². The highest BCUT2D eigenvalue weighted by atomic mass is 16.3. The highest BCUT2D eigenvalue weighted by molar-refractivity contribution is 5.97. The smallest absolute Gasteiger partial charge is 0.285 e. The topological polar surface area (TPSA) is 56.2 Å². The fraction of sp³-hybridized carbons (Fsp3) is 0. The molecule has 70 valence electrons. The molecule has 2 aromatic rings. The highest BCUT2D eigenvalue weighted by Crippen LogP contribution is 2.23. The number of amides is 1. The van der Waals surface area contributed by atoms with E-state index in [9.17, 15) is 4.79 Å². The molecule has 14 heavy (non-hydrogen) atoms. The van der Waals surface area contributed by atoms with Crippen LogP contribution in [0.3, 0.4) is 0 Å². The third kappa shape index (κ3) is 1.40. The van der Waals surface area contributed by atoms with E-state index in [0.717, 1.165) is 11.1 Å². The Bertz CT molecular complexity index is 445. The van der Waals surface area contributed by atoms with E-state index in [4.69, 9.17) is 10.2 Å². The summed E-state index contributed by atoms with van der Waals surface area (Å²) in [7, 11) is 0. The molecule has 1 aromatic carbocycles. The average molecular weight is 187 g/mol. The maximum absolute atomic E-state index is 11.0. The molecular formula is C11H9NO2. The molecule has 1 amide bonds. The summed E-state index contributed by atoms with van der Waals surface area (Å²) < 4.78 is 5.01. The van der Waals surface area contributed by atoms with Gasteiger partial charge in [0.2, 0.25) is 0 Å². The van der Waals surface area contributed by atoms with Crippen LogP contribution in [0.15, 0.2) is 47.1 Å². The van der Waals surface area contributed by atoms with Crippen LogP contribution in [0.25, 0.3) is 11.1 Å². The molecule has 0 saturated carbocycles. The number of carbonyl (C=O) groups is 1. The van der Waals surface area contributed by atoms with Crippen molar-refractivity contribution in [3.05, 3.63) is 48.4 Å². The zero-order valence-corrected chi connectivity index (χ0v) is 7.44. The van der Waals surface area contributed by atoms with Crippen LogP contribution in [0.1, 0.15) is 10.6 Å². The largest absolute Gasteiger partial charge is 0.459 e. The van der Waals surface area contributed by atoms with Crippen LogP contribution in [0, 0.1) is 0 Å². The molecule has 0 aliphatic heterocycles. The lowest BCUT2D eigenvalue weighted by molar-refractivity contribution is 0.0975. The molecule has 0 fully saturated rings. The predicted molar refractivity (Wildman–Crippen MR) is 52.7 cm³/mol. The van der Waals surface area contributed by atoms with Crippen LogP contribution in [-0.4, -0.2) is 5.91 Å². The number of hydrogen-bond acceptors (Lipinski definition) is 2. The fourth-order valence-electron chi connectivity index (χ4n) is 1.35. The molecule has 0 aliphatic carbocycles. The number of benzene rings is 1. The van der Waals surface area contributed by atoms with E-state index < -0.39 is 5.91 Å². The van der Waals surface area contributed by atoms with Crippen LogP contribution >= 0.6 is 0 Å². The molecule has 1 aromatic heterocycles. The van der Waals surface area contributed by atoms with Gasteiger partial charge in [0, 0.05) is 5.56 Å². The molecule has 2 rings (SSSR count). The zero-order chi connectivity index (χ0) is 9.97. The summed E-state index contributed by atoms with van der Waals surface area (Å²) in [6.07, 6.45) is 1.46. The first-order valence-corrected chi connectivity index (χ1v) is 4.22. The molecule has 0 unspecified atom stereocenters. The Hall–Kier alpha value is -2.03. The quantitative estimate of drug-likeness (QED) is 0.782. The summed E-state index contributed by atoms with van der Waals surface area (Å²) in [6.45, 7) is 0. The van der Waals surface area contributed by atoms with E-state index in [-0.39, 0.29) is 5.76 Å². The lowest BCUT2D eigenvalue weighted by Crippen LogP contribution is -2.10. The van der Waals surface area contributed by atoms with E-state index in [2.05, 4.69) is 0 Å². The highest BCUT2D eigenvalue weighted by Gasteiger charge is 2.12. The molecule has 0 atom stereocenters. The van der Waals surface area contributed by atoms with Crippen LogP contribution in [0.5, 0.6) is 0 Å². The number of hydrogen-bond donors (Lipinski definition) is 1. The van der Waals surface area contributed by atoms with E-state index in [0.29, 0.717) is 0 Å².